The third-order valence-electron chi connectivity index (χ3n) is 5.68. The van der Waals surface area contributed by atoms with Crippen molar-refractivity contribution in [2.45, 2.75) is 57.3 Å². The molecule has 1 aliphatic rings. The van der Waals surface area contributed by atoms with Gasteiger partial charge in [0.2, 0.25) is 0 Å². The SMILES string of the molecule is COc1ccc(CNC2CCCCC2)cc1OCC(O)CN(C)Cc1ccccc1. The Morgan fingerprint density at radius 3 is 2.53 bits per heavy atom. The molecule has 1 saturated carbocycles. The number of likely N-dealkylation sites (N-methyl/N-ethyl adjacent to an activating group) is 1. The lowest BCUT2D eigenvalue weighted by molar-refractivity contribution is 0.0732. The second-order valence-electron chi connectivity index (χ2n) is 8.35. The highest BCUT2D eigenvalue weighted by Gasteiger charge is 2.15. The van der Waals surface area contributed by atoms with Crippen LogP contribution in [0.1, 0.15) is 43.2 Å². The topological polar surface area (TPSA) is 54.0 Å². The maximum atomic E-state index is 10.4. The van der Waals surface area contributed by atoms with E-state index in [9.17, 15) is 5.11 Å². The Morgan fingerprint density at radius 2 is 1.80 bits per heavy atom. The zero-order valence-corrected chi connectivity index (χ0v) is 18.3. The Hall–Kier alpha value is -2.08. The smallest absolute Gasteiger partial charge is 0.161 e. The molecule has 0 saturated heterocycles. The van der Waals surface area contributed by atoms with Gasteiger partial charge in [0.25, 0.3) is 0 Å². The lowest BCUT2D eigenvalue weighted by atomic mass is 9.95. The molecule has 0 aromatic heterocycles. The number of hydrogen-bond donors (Lipinski definition) is 2. The van der Waals surface area contributed by atoms with E-state index in [-0.39, 0.29) is 6.61 Å². The van der Waals surface area contributed by atoms with Crippen LogP contribution in [-0.2, 0) is 13.1 Å². The van der Waals surface area contributed by atoms with Gasteiger partial charge in [-0.3, -0.25) is 4.90 Å². The Balaban J connectivity index is 1.48. The summed E-state index contributed by atoms with van der Waals surface area (Å²) in [5.41, 5.74) is 2.40. The summed E-state index contributed by atoms with van der Waals surface area (Å²) in [6, 6.07) is 16.9. The number of aliphatic hydroxyl groups is 1. The molecule has 1 fully saturated rings. The van der Waals surface area contributed by atoms with Gasteiger partial charge in [0.1, 0.15) is 12.7 Å². The van der Waals surface area contributed by atoms with E-state index >= 15 is 0 Å². The van der Waals surface area contributed by atoms with Crippen LogP contribution >= 0.6 is 0 Å². The van der Waals surface area contributed by atoms with Gasteiger partial charge in [0, 0.05) is 25.7 Å². The highest BCUT2D eigenvalue weighted by molar-refractivity contribution is 5.43. The van der Waals surface area contributed by atoms with E-state index < -0.39 is 6.10 Å². The number of nitrogens with one attached hydrogen (secondary N) is 1. The van der Waals surface area contributed by atoms with Gasteiger partial charge < -0.3 is 19.9 Å². The molecule has 1 atom stereocenters. The number of nitrogens with zero attached hydrogens (tertiary/aromatic N) is 1. The van der Waals surface area contributed by atoms with Crippen molar-refractivity contribution in [1.82, 2.24) is 10.2 Å². The molecule has 0 bridgehead atoms. The van der Waals surface area contributed by atoms with E-state index in [1.807, 2.05) is 37.4 Å². The summed E-state index contributed by atoms with van der Waals surface area (Å²) >= 11 is 0. The molecule has 1 aliphatic carbocycles. The number of ether oxygens (including phenoxy) is 2. The number of rotatable bonds is 11. The van der Waals surface area contributed by atoms with Gasteiger partial charge in [0.15, 0.2) is 11.5 Å². The first kappa shape index (κ1) is 22.6. The molecule has 2 aromatic rings. The predicted octanol–water partition coefficient (Wildman–Crippen LogP) is 3.99. The molecule has 164 valence electrons. The summed E-state index contributed by atoms with van der Waals surface area (Å²) in [6.45, 7) is 2.39. The van der Waals surface area contributed by atoms with Crippen molar-refractivity contribution in [3.8, 4) is 11.5 Å². The summed E-state index contributed by atoms with van der Waals surface area (Å²) in [5.74, 6) is 1.38. The molecule has 0 radical (unpaired) electrons. The van der Waals surface area contributed by atoms with Crippen molar-refractivity contribution in [2.24, 2.45) is 0 Å². The van der Waals surface area contributed by atoms with Crippen molar-refractivity contribution >= 4 is 0 Å². The van der Waals surface area contributed by atoms with E-state index in [4.69, 9.17) is 9.47 Å². The van der Waals surface area contributed by atoms with Crippen molar-refractivity contribution in [1.29, 1.82) is 0 Å². The van der Waals surface area contributed by atoms with Gasteiger partial charge in [-0.25, -0.2) is 0 Å². The van der Waals surface area contributed by atoms with E-state index in [1.165, 1.54) is 43.2 Å². The Bertz CT molecular complexity index is 747. The predicted molar refractivity (Wildman–Crippen MR) is 121 cm³/mol. The average Bonchev–Trinajstić information content (AvgIpc) is 2.77. The van der Waals surface area contributed by atoms with Crippen molar-refractivity contribution in [3.05, 3.63) is 59.7 Å². The minimum atomic E-state index is -0.576. The molecule has 0 amide bonds. The zero-order valence-electron chi connectivity index (χ0n) is 18.3. The highest BCUT2D eigenvalue weighted by atomic mass is 16.5. The molecular formula is C25H36N2O3. The van der Waals surface area contributed by atoms with Crippen LogP contribution in [0.3, 0.4) is 0 Å². The van der Waals surface area contributed by atoms with Crippen molar-refractivity contribution in [2.75, 3.05) is 27.3 Å². The molecular weight excluding hydrogens is 376 g/mol. The molecule has 3 rings (SSSR count). The second kappa shape index (κ2) is 11.9. The first-order chi connectivity index (χ1) is 14.6. The maximum Gasteiger partial charge on any atom is 0.161 e. The fraction of sp³-hybridized carbons (Fsp3) is 0.520. The fourth-order valence-electron chi connectivity index (χ4n) is 4.07. The number of methoxy groups -OCH3 is 1. The standard InChI is InChI=1S/C25H36N2O3/c1-27(17-20-9-5-3-6-10-20)18-23(28)19-30-25-15-21(13-14-24(25)29-2)16-26-22-11-7-4-8-12-22/h3,5-6,9-10,13-15,22-23,26,28H,4,7-8,11-12,16-19H2,1-2H3. The molecule has 5 heteroatoms. The van der Waals surface area contributed by atoms with Gasteiger partial charge in [-0.15, -0.1) is 0 Å². The lowest BCUT2D eigenvalue weighted by Gasteiger charge is -2.23. The van der Waals surface area contributed by atoms with Gasteiger partial charge in [-0.1, -0.05) is 55.7 Å². The summed E-state index contributed by atoms with van der Waals surface area (Å²) < 4.78 is 11.4. The van der Waals surface area contributed by atoms with Crippen LogP contribution in [0.4, 0.5) is 0 Å². The quantitative estimate of drug-likeness (QED) is 0.585. The lowest BCUT2D eigenvalue weighted by Crippen LogP contribution is -2.32. The number of aliphatic hydroxyl groups excluding tert-OH is 1. The van der Waals surface area contributed by atoms with Crippen LogP contribution in [0, 0.1) is 0 Å². The third kappa shape index (κ3) is 7.31. The Kier molecular flexibility index (Phi) is 9.00. The number of benzene rings is 2. The first-order valence-corrected chi connectivity index (χ1v) is 11.1. The normalized spacial score (nSPS) is 15.9. The summed E-state index contributed by atoms with van der Waals surface area (Å²) in [4.78, 5) is 2.10. The van der Waals surface area contributed by atoms with Crippen LogP contribution in [0.2, 0.25) is 0 Å². The molecule has 0 heterocycles. The molecule has 2 N–H and O–H groups in total. The summed E-state index contributed by atoms with van der Waals surface area (Å²) in [5, 5.41) is 14.1. The van der Waals surface area contributed by atoms with E-state index in [1.54, 1.807) is 7.11 Å². The van der Waals surface area contributed by atoms with Crippen LogP contribution < -0.4 is 14.8 Å². The molecule has 2 aromatic carbocycles. The van der Waals surface area contributed by atoms with Gasteiger partial charge in [-0.2, -0.15) is 0 Å². The van der Waals surface area contributed by atoms with Crippen molar-refractivity contribution < 1.29 is 14.6 Å². The number of hydrogen-bond acceptors (Lipinski definition) is 5. The van der Waals surface area contributed by atoms with Gasteiger partial charge in [-0.05, 0) is 43.1 Å². The maximum absolute atomic E-state index is 10.4. The first-order valence-electron chi connectivity index (χ1n) is 11.1. The van der Waals surface area contributed by atoms with Gasteiger partial charge in [0.05, 0.1) is 7.11 Å². The van der Waals surface area contributed by atoms with E-state index in [0.717, 1.165) is 13.1 Å². The molecule has 0 spiro atoms. The van der Waals surface area contributed by atoms with E-state index in [0.29, 0.717) is 24.1 Å². The Morgan fingerprint density at radius 1 is 1.03 bits per heavy atom. The largest absolute Gasteiger partial charge is 0.493 e. The van der Waals surface area contributed by atoms with Crippen LogP contribution in [0.5, 0.6) is 11.5 Å². The molecule has 1 unspecified atom stereocenters. The van der Waals surface area contributed by atoms with Crippen LogP contribution in [0.25, 0.3) is 0 Å². The van der Waals surface area contributed by atoms with Crippen LogP contribution in [-0.4, -0.2) is 49.5 Å². The van der Waals surface area contributed by atoms with E-state index in [2.05, 4.69) is 28.4 Å². The fourth-order valence-corrected chi connectivity index (χ4v) is 4.07. The van der Waals surface area contributed by atoms with Crippen LogP contribution in [0.15, 0.2) is 48.5 Å². The highest BCUT2D eigenvalue weighted by Crippen LogP contribution is 2.28. The second-order valence-corrected chi connectivity index (χ2v) is 8.35. The molecule has 0 aliphatic heterocycles. The minimum absolute atomic E-state index is 0.231. The minimum Gasteiger partial charge on any atom is -0.493 e. The average molecular weight is 413 g/mol. The van der Waals surface area contributed by atoms with Gasteiger partial charge >= 0.3 is 0 Å². The third-order valence-corrected chi connectivity index (χ3v) is 5.68. The summed E-state index contributed by atoms with van der Waals surface area (Å²) in [7, 11) is 3.65. The molecule has 30 heavy (non-hydrogen) atoms. The summed E-state index contributed by atoms with van der Waals surface area (Å²) in [6.07, 6.45) is 5.97. The Labute approximate surface area is 181 Å². The van der Waals surface area contributed by atoms with Crippen molar-refractivity contribution in [3.63, 3.8) is 0 Å². The molecule has 5 nitrogen and oxygen atoms in total. The monoisotopic (exact) mass is 412 g/mol. The zero-order chi connectivity index (χ0) is 21.2.